The molecule has 0 aliphatic carbocycles. The summed E-state index contributed by atoms with van der Waals surface area (Å²) < 4.78 is 28.4. The lowest BCUT2D eigenvalue weighted by Gasteiger charge is -2.14. The average molecular weight is 272 g/mol. The predicted molar refractivity (Wildman–Crippen MR) is 71.3 cm³/mol. The molecule has 1 aromatic carbocycles. The van der Waals surface area contributed by atoms with E-state index in [1.165, 1.54) is 0 Å². The van der Waals surface area contributed by atoms with E-state index in [-0.39, 0.29) is 4.90 Å². The highest BCUT2D eigenvalue weighted by Gasteiger charge is 2.16. The molecule has 2 N–H and O–H groups in total. The molecule has 18 heavy (non-hydrogen) atoms. The van der Waals surface area contributed by atoms with E-state index in [2.05, 4.69) is 0 Å². The molecule has 0 bridgehead atoms. The summed E-state index contributed by atoms with van der Waals surface area (Å²) in [7, 11) is 0.246. The number of sulfonamides is 1. The first-order chi connectivity index (χ1) is 8.21. The first-order valence-corrected chi connectivity index (χ1v) is 7.18. The van der Waals surface area contributed by atoms with Crippen molar-refractivity contribution in [2.45, 2.75) is 18.7 Å². The molecule has 0 saturated carbocycles. The average Bonchev–Trinajstić information content (AvgIpc) is 2.12. The Kier molecular flexibility index (Phi) is 4.72. The number of ether oxygens (including phenoxy) is 1. The number of hydrogen-bond acceptors (Lipinski definition) is 4. The summed E-state index contributed by atoms with van der Waals surface area (Å²) in [5.74, 6) is 0.666. The minimum Gasteiger partial charge on any atom is -0.492 e. The second-order valence-electron chi connectivity index (χ2n) is 4.58. The van der Waals surface area contributed by atoms with Gasteiger partial charge in [-0.05, 0) is 51.2 Å². The van der Waals surface area contributed by atoms with Gasteiger partial charge in [-0.2, -0.15) is 0 Å². The molecule has 0 radical (unpaired) electrons. The van der Waals surface area contributed by atoms with Crippen LogP contribution < -0.4 is 9.88 Å². The lowest BCUT2D eigenvalue weighted by Crippen LogP contribution is -2.20. The monoisotopic (exact) mass is 272 g/mol. The second kappa shape index (κ2) is 5.69. The zero-order valence-electron chi connectivity index (χ0n) is 11.2. The molecule has 102 valence electrons. The number of likely N-dealkylation sites (N-methyl/N-ethyl adjacent to an activating group) is 1. The molecule has 0 fully saturated rings. The molecule has 5 nitrogen and oxygen atoms in total. The maximum Gasteiger partial charge on any atom is 0.238 e. The SMILES string of the molecule is Cc1cc(OCCN(C)C)cc(C)c1S(N)(=O)=O. The summed E-state index contributed by atoms with van der Waals surface area (Å²) in [5, 5.41) is 5.17. The van der Waals surface area contributed by atoms with Crippen LogP contribution in [-0.4, -0.2) is 40.6 Å². The molecule has 1 rings (SSSR count). The molecular formula is C12H20N2O3S. The lowest BCUT2D eigenvalue weighted by atomic mass is 10.1. The van der Waals surface area contributed by atoms with Crippen molar-refractivity contribution in [3.63, 3.8) is 0 Å². The molecule has 0 atom stereocenters. The number of aryl methyl sites for hydroxylation is 2. The second-order valence-corrected chi connectivity index (χ2v) is 6.08. The molecule has 1 aromatic rings. The number of hydrogen-bond donors (Lipinski definition) is 1. The summed E-state index contributed by atoms with van der Waals surface area (Å²) in [4.78, 5) is 2.20. The van der Waals surface area contributed by atoms with Crippen molar-refractivity contribution in [2.24, 2.45) is 5.14 Å². The highest BCUT2D eigenvalue weighted by Crippen LogP contribution is 2.24. The van der Waals surface area contributed by atoms with Gasteiger partial charge >= 0.3 is 0 Å². The van der Waals surface area contributed by atoms with E-state index >= 15 is 0 Å². The molecule has 0 aromatic heterocycles. The predicted octanol–water partition coefficient (Wildman–Crippen LogP) is 0.891. The Bertz CT molecular complexity index is 501. The van der Waals surface area contributed by atoms with E-state index < -0.39 is 10.0 Å². The van der Waals surface area contributed by atoms with E-state index in [4.69, 9.17) is 9.88 Å². The Morgan fingerprint density at radius 3 is 2.11 bits per heavy atom. The quantitative estimate of drug-likeness (QED) is 0.864. The number of rotatable bonds is 5. The van der Waals surface area contributed by atoms with Crippen LogP contribution in [0.15, 0.2) is 17.0 Å². The normalized spacial score (nSPS) is 11.9. The van der Waals surface area contributed by atoms with Gasteiger partial charge in [-0.25, -0.2) is 13.6 Å². The van der Waals surface area contributed by atoms with Crippen LogP contribution in [-0.2, 0) is 10.0 Å². The molecule has 0 unspecified atom stereocenters. The van der Waals surface area contributed by atoms with Gasteiger partial charge in [-0.15, -0.1) is 0 Å². The van der Waals surface area contributed by atoms with Crippen LogP contribution >= 0.6 is 0 Å². The van der Waals surface area contributed by atoms with E-state index in [9.17, 15) is 8.42 Å². The largest absolute Gasteiger partial charge is 0.492 e. The third-order valence-corrected chi connectivity index (χ3v) is 3.74. The number of benzene rings is 1. The first kappa shape index (κ1) is 14.9. The van der Waals surface area contributed by atoms with Crippen molar-refractivity contribution >= 4 is 10.0 Å². The van der Waals surface area contributed by atoms with Gasteiger partial charge in [-0.3, -0.25) is 0 Å². The highest BCUT2D eigenvalue weighted by atomic mass is 32.2. The summed E-state index contributed by atoms with van der Waals surface area (Å²) in [6.45, 7) is 4.78. The standard InChI is InChI=1S/C12H20N2O3S/c1-9-7-11(17-6-5-14(3)4)8-10(2)12(9)18(13,15)16/h7-8H,5-6H2,1-4H3,(H2,13,15,16). The number of nitrogens with two attached hydrogens (primary N) is 1. The number of nitrogens with zero attached hydrogens (tertiary/aromatic N) is 1. The van der Waals surface area contributed by atoms with Gasteiger partial charge in [0, 0.05) is 6.54 Å². The fourth-order valence-electron chi connectivity index (χ4n) is 1.79. The van der Waals surface area contributed by atoms with Crippen molar-refractivity contribution in [3.05, 3.63) is 23.3 Å². The minimum atomic E-state index is -3.68. The third kappa shape index (κ3) is 3.97. The van der Waals surface area contributed by atoms with E-state index in [1.54, 1.807) is 26.0 Å². The Balaban J connectivity index is 2.94. The molecule has 0 heterocycles. The Labute approximate surface area is 109 Å². The summed E-state index contributed by atoms with van der Waals surface area (Å²) in [6.07, 6.45) is 0. The zero-order chi connectivity index (χ0) is 13.9. The zero-order valence-corrected chi connectivity index (χ0v) is 12.0. The van der Waals surface area contributed by atoms with Crippen molar-refractivity contribution in [2.75, 3.05) is 27.2 Å². The molecule has 0 spiro atoms. The number of primary sulfonamides is 1. The van der Waals surface area contributed by atoms with Crippen molar-refractivity contribution in [1.82, 2.24) is 4.90 Å². The van der Waals surface area contributed by atoms with Crippen molar-refractivity contribution in [3.8, 4) is 5.75 Å². The summed E-state index contributed by atoms with van der Waals surface area (Å²) >= 11 is 0. The first-order valence-electron chi connectivity index (χ1n) is 5.63. The van der Waals surface area contributed by atoms with Gasteiger partial charge in [0.15, 0.2) is 0 Å². The Hall–Kier alpha value is -1.11. The fraction of sp³-hybridized carbons (Fsp3) is 0.500. The maximum atomic E-state index is 11.4. The Morgan fingerprint density at radius 1 is 1.22 bits per heavy atom. The van der Waals surface area contributed by atoms with Crippen LogP contribution in [0.3, 0.4) is 0 Å². The fourth-order valence-corrected chi connectivity index (χ4v) is 2.80. The van der Waals surface area contributed by atoms with Gasteiger partial charge in [0.25, 0.3) is 0 Å². The third-order valence-electron chi connectivity index (χ3n) is 2.53. The molecule has 0 amide bonds. The van der Waals surface area contributed by atoms with Crippen molar-refractivity contribution < 1.29 is 13.2 Å². The van der Waals surface area contributed by atoms with Crippen LogP contribution in [0.4, 0.5) is 0 Å². The molecular weight excluding hydrogens is 252 g/mol. The van der Waals surface area contributed by atoms with Gasteiger partial charge in [0.2, 0.25) is 10.0 Å². The maximum absolute atomic E-state index is 11.4. The van der Waals surface area contributed by atoms with Crippen LogP contribution in [0.1, 0.15) is 11.1 Å². The van der Waals surface area contributed by atoms with Gasteiger partial charge < -0.3 is 9.64 Å². The van der Waals surface area contributed by atoms with Crippen LogP contribution in [0.5, 0.6) is 5.75 Å². The minimum absolute atomic E-state index is 0.183. The summed E-state index contributed by atoms with van der Waals surface area (Å²) in [5.41, 5.74) is 1.22. The Morgan fingerprint density at radius 2 is 1.72 bits per heavy atom. The summed E-state index contributed by atoms with van der Waals surface area (Å²) in [6, 6.07) is 3.39. The smallest absolute Gasteiger partial charge is 0.238 e. The molecule has 6 heteroatoms. The van der Waals surface area contributed by atoms with Crippen LogP contribution in [0.25, 0.3) is 0 Å². The molecule has 0 aliphatic heterocycles. The van der Waals surface area contributed by atoms with E-state index in [0.717, 1.165) is 6.54 Å². The molecule has 0 saturated heterocycles. The molecule has 0 aliphatic rings. The van der Waals surface area contributed by atoms with Gasteiger partial charge in [0.1, 0.15) is 12.4 Å². The lowest BCUT2D eigenvalue weighted by molar-refractivity contribution is 0.261. The topological polar surface area (TPSA) is 72.6 Å². The van der Waals surface area contributed by atoms with E-state index in [1.807, 2.05) is 19.0 Å². The highest BCUT2D eigenvalue weighted by molar-refractivity contribution is 7.89. The van der Waals surface area contributed by atoms with Crippen molar-refractivity contribution in [1.29, 1.82) is 0 Å². The van der Waals surface area contributed by atoms with Gasteiger partial charge in [0.05, 0.1) is 4.90 Å². The van der Waals surface area contributed by atoms with Gasteiger partial charge in [-0.1, -0.05) is 0 Å². The van der Waals surface area contributed by atoms with E-state index in [0.29, 0.717) is 23.5 Å². The van der Waals surface area contributed by atoms with Crippen LogP contribution in [0.2, 0.25) is 0 Å². The van der Waals surface area contributed by atoms with Crippen LogP contribution in [0, 0.1) is 13.8 Å².